The molecule has 0 aliphatic heterocycles. The summed E-state index contributed by atoms with van der Waals surface area (Å²) >= 11 is 5.95. The van der Waals surface area contributed by atoms with Crippen molar-refractivity contribution >= 4 is 23.7 Å². The van der Waals surface area contributed by atoms with Crippen molar-refractivity contribution in [3.8, 4) is 11.1 Å². The number of ketones is 1. The largest absolute Gasteiger partial charge is 0.294 e. The van der Waals surface area contributed by atoms with Gasteiger partial charge in [-0.05, 0) is 54.3 Å². The van der Waals surface area contributed by atoms with Crippen molar-refractivity contribution in [3.05, 3.63) is 58.1 Å². The molecule has 2 aromatic rings. The predicted octanol–water partition coefficient (Wildman–Crippen LogP) is 4.01. The highest BCUT2D eigenvalue weighted by atomic mass is 35.5. The molecule has 0 bridgehead atoms. The van der Waals surface area contributed by atoms with Crippen LogP contribution in [-0.4, -0.2) is 12.1 Å². The maximum Gasteiger partial charge on any atom is 0.225 e. The lowest BCUT2D eigenvalue weighted by Gasteiger charge is -2.10. The highest BCUT2D eigenvalue weighted by Gasteiger charge is 2.09. The zero-order valence-electron chi connectivity index (χ0n) is 10.7. The maximum absolute atomic E-state index is 11.3. The van der Waals surface area contributed by atoms with Crippen molar-refractivity contribution in [2.75, 3.05) is 0 Å². The van der Waals surface area contributed by atoms with Gasteiger partial charge in [0.1, 0.15) is 0 Å². The molecule has 0 aliphatic carbocycles. The number of carbonyl (C=O) groups excluding carboxylic acids is 2. The third-order valence-corrected chi connectivity index (χ3v) is 3.33. The minimum atomic E-state index is -0.498. The first-order valence-corrected chi connectivity index (χ1v) is 6.27. The van der Waals surface area contributed by atoms with Crippen LogP contribution in [0.3, 0.4) is 0 Å². The van der Waals surface area contributed by atoms with Crippen LogP contribution in [0.15, 0.2) is 36.4 Å². The molecule has 2 rings (SSSR count). The summed E-state index contributed by atoms with van der Waals surface area (Å²) in [6, 6.07) is 11.0. The van der Waals surface area contributed by atoms with Gasteiger partial charge in [-0.1, -0.05) is 29.8 Å². The number of hydrogen-bond donors (Lipinski definition) is 0. The fraction of sp³-hybridized carbons (Fsp3) is 0.125. The fourth-order valence-electron chi connectivity index (χ4n) is 2.12. The zero-order valence-corrected chi connectivity index (χ0v) is 11.5. The van der Waals surface area contributed by atoms with Crippen molar-refractivity contribution < 1.29 is 9.59 Å². The lowest BCUT2D eigenvalue weighted by molar-refractivity contribution is -0.104. The molecule has 0 amide bonds. The number of rotatable bonds is 3. The molecule has 0 radical (unpaired) electrons. The average Bonchev–Trinajstić information content (AvgIpc) is 2.38. The standard InChI is InChI=1S/C16H13ClO2/c1-10-7-12(16(19)9-18)3-5-14(10)15-6-4-13(17)8-11(15)2/h3-9H,1-2H3. The number of carbonyl (C=O) groups is 2. The van der Waals surface area contributed by atoms with E-state index in [2.05, 4.69) is 0 Å². The van der Waals surface area contributed by atoms with Crippen molar-refractivity contribution in [2.45, 2.75) is 13.8 Å². The topological polar surface area (TPSA) is 34.1 Å². The first-order chi connectivity index (χ1) is 9.02. The quantitative estimate of drug-likeness (QED) is 0.481. The van der Waals surface area contributed by atoms with Gasteiger partial charge in [0.05, 0.1) is 0 Å². The lowest BCUT2D eigenvalue weighted by Crippen LogP contribution is -2.00. The molecule has 3 heteroatoms. The zero-order chi connectivity index (χ0) is 14.0. The first-order valence-electron chi connectivity index (χ1n) is 5.89. The molecular formula is C16H13ClO2. The number of aryl methyl sites for hydroxylation is 2. The molecule has 0 aliphatic rings. The van der Waals surface area contributed by atoms with Crippen LogP contribution in [-0.2, 0) is 4.79 Å². The minimum absolute atomic E-state index is 0.335. The van der Waals surface area contributed by atoms with Gasteiger partial charge in [-0.2, -0.15) is 0 Å². The Morgan fingerprint density at radius 3 is 2.11 bits per heavy atom. The summed E-state index contributed by atoms with van der Waals surface area (Å²) in [7, 11) is 0. The second-order valence-electron chi connectivity index (χ2n) is 4.47. The molecule has 96 valence electrons. The van der Waals surface area contributed by atoms with Crippen LogP contribution >= 0.6 is 11.6 Å². The first kappa shape index (κ1) is 13.5. The number of aldehydes is 1. The average molecular weight is 273 g/mol. The van der Waals surface area contributed by atoms with E-state index in [-0.39, 0.29) is 0 Å². The molecule has 0 saturated heterocycles. The highest BCUT2D eigenvalue weighted by molar-refractivity contribution is 6.33. The van der Waals surface area contributed by atoms with Gasteiger partial charge in [0.15, 0.2) is 6.29 Å². The summed E-state index contributed by atoms with van der Waals surface area (Å²) in [6.45, 7) is 3.91. The van der Waals surface area contributed by atoms with E-state index < -0.39 is 5.78 Å². The minimum Gasteiger partial charge on any atom is -0.294 e. The monoisotopic (exact) mass is 272 g/mol. The third kappa shape index (κ3) is 2.74. The van der Waals surface area contributed by atoms with Crippen LogP contribution in [0.4, 0.5) is 0 Å². The summed E-state index contributed by atoms with van der Waals surface area (Å²) in [6.07, 6.45) is 0.335. The van der Waals surface area contributed by atoms with Gasteiger partial charge in [0.2, 0.25) is 5.78 Å². The number of hydrogen-bond acceptors (Lipinski definition) is 2. The molecule has 0 spiro atoms. The fourth-order valence-corrected chi connectivity index (χ4v) is 2.34. The molecule has 0 unspecified atom stereocenters. The van der Waals surface area contributed by atoms with Crippen molar-refractivity contribution in [1.82, 2.24) is 0 Å². The Kier molecular flexibility index (Phi) is 3.82. The molecular weight excluding hydrogens is 260 g/mol. The van der Waals surface area contributed by atoms with Crippen LogP contribution in [0.25, 0.3) is 11.1 Å². The smallest absolute Gasteiger partial charge is 0.225 e. The molecule has 0 N–H and O–H groups in total. The second kappa shape index (κ2) is 5.37. The van der Waals surface area contributed by atoms with Crippen LogP contribution in [0.1, 0.15) is 21.5 Å². The third-order valence-electron chi connectivity index (χ3n) is 3.10. The molecule has 0 heterocycles. The van der Waals surface area contributed by atoms with E-state index in [0.717, 1.165) is 22.3 Å². The molecule has 0 fully saturated rings. The summed E-state index contributed by atoms with van der Waals surface area (Å²) in [5.41, 5.74) is 4.56. The van der Waals surface area contributed by atoms with E-state index in [9.17, 15) is 9.59 Å². The SMILES string of the molecule is Cc1cc(Cl)ccc1-c1ccc(C(=O)C=O)cc1C. The Labute approximate surface area is 117 Å². The lowest BCUT2D eigenvalue weighted by atomic mass is 9.94. The van der Waals surface area contributed by atoms with Gasteiger partial charge in [-0.3, -0.25) is 9.59 Å². The summed E-state index contributed by atoms with van der Waals surface area (Å²) in [5, 5.41) is 0.701. The van der Waals surface area contributed by atoms with Gasteiger partial charge in [0.25, 0.3) is 0 Å². The number of benzene rings is 2. The van der Waals surface area contributed by atoms with Gasteiger partial charge in [-0.15, -0.1) is 0 Å². The Hall–Kier alpha value is -1.93. The van der Waals surface area contributed by atoms with Crippen molar-refractivity contribution in [3.63, 3.8) is 0 Å². The second-order valence-corrected chi connectivity index (χ2v) is 4.91. The van der Waals surface area contributed by atoms with Gasteiger partial charge >= 0.3 is 0 Å². The van der Waals surface area contributed by atoms with E-state index in [1.807, 2.05) is 38.1 Å². The van der Waals surface area contributed by atoms with Crippen LogP contribution in [0, 0.1) is 13.8 Å². The van der Waals surface area contributed by atoms with E-state index in [0.29, 0.717) is 16.9 Å². The van der Waals surface area contributed by atoms with Crippen molar-refractivity contribution in [2.24, 2.45) is 0 Å². The van der Waals surface area contributed by atoms with Crippen LogP contribution < -0.4 is 0 Å². The van der Waals surface area contributed by atoms with E-state index in [4.69, 9.17) is 11.6 Å². The van der Waals surface area contributed by atoms with Crippen molar-refractivity contribution in [1.29, 1.82) is 0 Å². The molecule has 2 nitrogen and oxygen atoms in total. The predicted molar refractivity (Wildman–Crippen MR) is 76.8 cm³/mol. The maximum atomic E-state index is 11.3. The molecule has 0 saturated carbocycles. The summed E-state index contributed by atoms with van der Waals surface area (Å²) < 4.78 is 0. The molecule has 2 aromatic carbocycles. The number of Topliss-reactive ketones (excluding diaryl/α,β-unsaturated/α-hetero) is 1. The van der Waals surface area contributed by atoms with Gasteiger partial charge < -0.3 is 0 Å². The number of halogens is 1. The Morgan fingerprint density at radius 1 is 1.00 bits per heavy atom. The van der Waals surface area contributed by atoms with E-state index in [1.54, 1.807) is 12.1 Å². The molecule has 19 heavy (non-hydrogen) atoms. The van der Waals surface area contributed by atoms with Crippen LogP contribution in [0.2, 0.25) is 5.02 Å². The molecule has 0 atom stereocenters. The molecule has 0 aromatic heterocycles. The summed E-state index contributed by atoms with van der Waals surface area (Å²) in [4.78, 5) is 21.8. The summed E-state index contributed by atoms with van der Waals surface area (Å²) in [5.74, 6) is -0.498. The Morgan fingerprint density at radius 2 is 1.58 bits per heavy atom. The normalized spacial score (nSPS) is 10.3. The van der Waals surface area contributed by atoms with Gasteiger partial charge in [0, 0.05) is 10.6 Å². The highest BCUT2D eigenvalue weighted by Crippen LogP contribution is 2.29. The van der Waals surface area contributed by atoms with E-state index in [1.165, 1.54) is 0 Å². The van der Waals surface area contributed by atoms with Crippen LogP contribution in [0.5, 0.6) is 0 Å². The Balaban J connectivity index is 2.52. The Bertz CT molecular complexity index is 660. The van der Waals surface area contributed by atoms with E-state index >= 15 is 0 Å². The van der Waals surface area contributed by atoms with Gasteiger partial charge in [-0.25, -0.2) is 0 Å².